The van der Waals surface area contributed by atoms with Crippen LogP contribution in [0.15, 0.2) is 34.9 Å². The molecule has 0 unspecified atom stereocenters. The Morgan fingerprint density at radius 3 is 2.55 bits per heavy atom. The molecular weight excluding hydrogens is 362 g/mol. The molecule has 5 nitrogen and oxygen atoms in total. The van der Waals surface area contributed by atoms with Crippen LogP contribution in [-0.4, -0.2) is 30.6 Å². The summed E-state index contributed by atoms with van der Waals surface area (Å²) in [6, 6.07) is 9.81. The van der Waals surface area contributed by atoms with Gasteiger partial charge in [-0.3, -0.25) is 4.79 Å². The van der Waals surface area contributed by atoms with Crippen LogP contribution in [0.25, 0.3) is 22.2 Å². The quantitative estimate of drug-likeness (QED) is 0.500. The van der Waals surface area contributed by atoms with Crippen molar-refractivity contribution >= 4 is 28.1 Å². The van der Waals surface area contributed by atoms with Crippen molar-refractivity contribution in [1.29, 1.82) is 0 Å². The Morgan fingerprint density at radius 1 is 1.10 bits per heavy atom. The number of aromatic nitrogens is 1. The van der Waals surface area contributed by atoms with E-state index in [1.165, 1.54) is 25.7 Å². The third kappa shape index (κ3) is 3.00. The average molecular weight is 389 g/mol. The summed E-state index contributed by atoms with van der Waals surface area (Å²) in [7, 11) is 0. The lowest BCUT2D eigenvalue weighted by atomic mass is 9.86. The summed E-state index contributed by atoms with van der Waals surface area (Å²) < 4.78 is 5.86. The van der Waals surface area contributed by atoms with Crippen molar-refractivity contribution in [2.24, 2.45) is 5.92 Å². The van der Waals surface area contributed by atoms with Crippen LogP contribution >= 0.6 is 0 Å². The maximum atomic E-state index is 13.5. The number of carbonyl (C=O) groups is 1. The van der Waals surface area contributed by atoms with Gasteiger partial charge in [0.25, 0.3) is 0 Å². The molecule has 0 bridgehead atoms. The Balaban J connectivity index is 1.75. The molecule has 0 atom stereocenters. The van der Waals surface area contributed by atoms with E-state index in [-0.39, 0.29) is 5.78 Å². The highest BCUT2D eigenvalue weighted by molar-refractivity contribution is 6.28. The summed E-state index contributed by atoms with van der Waals surface area (Å²) in [4.78, 5) is 15.9. The number of nitrogens with zero attached hydrogens (tertiary/aromatic N) is 2. The van der Waals surface area contributed by atoms with E-state index in [9.17, 15) is 4.79 Å². The number of ketones is 1. The number of fused-ring (bicyclic) bond motifs is 2. The smallest absolute Gasteiger partial charge is 0.196 e. The van der Waals surface area contributed by atoms with Crippen molar-refractivity contribution < 1.29 is 9.32 Å². The first-order chi connectivity index (χ1) is 14.1. The molecule has 0 saturated carbocycles. The van der Waals surface area contributed by atoms with E-state index in [1.807, 2.05) is 24.3 Å². The molecule has 2 aliphatic rings. The molecule has 0 spiro atoms. The van der Waals surface area contributed by atoms with E-state index >= 15 is 0 Å². The van der Waals surface area contributed by atoms with Gasteiger partial charge in [0.05, 0.1) is 16.6 Å². The molecule has 1 aromatic heterocycles. The summed E-state index contributed by atoms with van der Waals surface area (Å²) in [5.74, 6) is 1.25. The van der Waals surface area contributed by atoms with Crippen LogP contribution < -0.4 is 10.2 Å². The molecular formula is C24H27N3O2. The minimum atomic E-state index is 0.0509. The van der Waals surface area contributed by atoms with Gasteiger partial charge in [-0.1, -0.05) is 56.1 Å². The molecule has 0 amide bonds. The molecule has 1 saturated heterocycles. The van der Waals surface area contributed by atoms with Crippen molar-refractivity contribution in [3.8, 4) is 11.3 Å². The molecule has 1 aliphatic heterocycles. The highest BCUT2D eigenvalue weighted by Gasteiger charge is 2.33. The van der Waals surface area contributed by atoms with Gasteiger partial charge in [0, 0.05) is 36.4 Å². The summed E-state index contributed by atoms with van der Waals surface area (Å²) in [5, 5.41) is 8.88. The van der Waals surface area contributed by atoms with Gasteiger partial charge >= 0.3 is 0 Å². The van der Waals surface area contributed by atoms with Crippen molar-refractivity contribution in [1.82, 2.24) is 5.16 Å². The van der Waals surface area contributed by atoms with Crippen LogP contribution in [0.1, 0.15) is 55.5 Å². The molecule has 5 rings (SSSR count). The Hall–Kier alpha value is -2.82. The van der Waals surface area contributed by atoms with Crippen LogP contribution in [-0.2, 0) is 0 Å². The molecule has 3 aromatic rings. The van der Waals surface area contributed by atoms with E-state index in [0.717, 1.165) is 53.2 Å². The Bertz CT molecular complexity index is 1080. The topological polar surface area (TPSA) is 58.4 Å². The molecule has 29 heavy (non-hydrogen) atoms. The minimum absolute atomic E-state index is 0.0509. The lowest BCUT2D eigenvalue weighted by Crippen LogP contribution is -2.25. The lowest BCUT2D eigenvalue weighted by Gasteiger charge is -2.26. The highest BCUT2D eigenvalue weighted by Crippen LogP contribution is 2.46. The number of carbonyl (C=O) groups excluding carboxylic acids is 1. The van der Waals surface area contributed by atoms with Gasteiger partial charge < -0.3 is 14.7 Å². The Kier molecular flexibility index (Phi) is 4.53. The first-order valence-electron chi connectivity index (χ1n) is 10.7. The van der Waals surface area contributed by atoms with Gasteiger partial charge in [-0.05, 0) is 24.8 Å². The fourth-order valence-corrected chi connectivity index (χ4v) is 4.55. The zero-order valence-electron chi connectivity index (χ0n) is 17.1. The van der Waals surface area contributed by atoms with Crippen molar-refractivity contribution in [3.05, 3.63) is 41.5 Å². The highest BCUT2D eigenvalue weighted by atomic mass is 16.5. The summed E-state index contributed by atoms with van der Waals surface area (Å²) >= 11 is 0. The number of benzene rings is 2. The van der Waals surface area contributed by atoms with E-state index < -0.39 is 0 Å². The van der Waals surface area contributed by atoms with E-state index in [4.69, 9.17) is 4.52 Å². The zero-order chi connectivity index (χ0) is 20.0. The first kappa shape index (κ1) is 18.2. The normalized spacial score (nSPS) is 16.2. The first-order valence-corrected chi connectivity index (χ1v) is 10.7. The zero-order valence-corrected chi connectivity index (χ0v) is 17.1. The van der Waals surface area contributed by atoms with E-state index in [1.54, 1.807) is 0 Å². The Labute approximate surface area is 171 Å². The minimum Gasteiger partial charge on any atom is -0.384 e. The molecule has 1 aliphatic carbocycles. The molecule has 1 N–H and O–H groups in total. The van der Waals surface area contributed by atoms with Gasteiger partial charge in [0.15, 0.2) is 11.5 Å². The van der Waals surface area contributed by atoms with Crippen molar-refractivity contribution in [2.75, 3.05) is 29.9 Å². The molecule has 150 valence electrons. The molecule has 1 fully saturated rings. The second-order valence-corrected chi connectivity index (χ2v) is 8.60. The van der Waals surface area contributed by atoms with E-state index in [0.29, 0.717) is 17.0 Å². The maximum absolute atomic E-state index is 13.5. The third-order valence-electron chi connectivity index (χ3n) is 6.03. The van der Waals surface area contributed by atoms with Crippen molar-refractivity contribution in [3.63, 3.8) is 0 Å². The average Bonchev–Trinajstić information content (AvgIpc) is 2.98. The van der Waals surface area contributed by atoms with Crippen LogP contribution in [0.4, 0.5) is 11.4 Å². The molecule has 0 radical (unpaired) electrons. The molecule has 2 heterocycles. The fraction of sp³-hybridized carbons (Fsp3) is 0.417. The second-order valence-electron chi connectivity index (χ2n) is 8.60. The van der Waals surface area contributed by atoms with Crippen LogP contribution in [0.2, 0.25) is 0 Å². The Morgan fingerprint density at radius 2 is 1.83 bits per heavy atom. The lowest BCUT2D eigenvalue weighted by molar-refractivity contribution is 0.104. The predicted octanol–water partition coefficient (Wildman–Crippen LogP) is 5.49. The molecule has 2 aromatic carbocycles. The maximum Gasteiger partial charge on any atom is 0.196 e. The molecule has 5 heteroatoms. The van der Waals surface area contributed by atoms with Crippen molar-refractivity contribution in [2.45, 2.75) is 39.5 Å². The SMILES string of the molecule is CC(C)CNc1cc(N2CCCCCC2)c2noc3c2c1C(=O)c1ccccc1-3. The number of hydrogen-bond acceptors (Lipinski definition) is 5. The van der Waals surface area contributed by atoms with Crippen LogP contribution in [0.5, 0.6) is 0 Å². The summed E-state index contributed by atoms with van der Waals surface area (Å²) in [6.45, 7) is 7.20. The number of hydrogen-bond donors (Lipinski definition) is 1. The van der Waals surface area contributed by atoms with Crippen LogP contribution in [0.3, 0.4) is 0 Å². The van der Waals surface area contributed by atoms with Gasteiger partial charge in [-0.25, -0.2) is 0 Å². The van der Waals surface area contributed by atoms with Gasteiger partial charge in [-0.2, -0.15) is 0 Å². The third-order valence-corrected chi connectivity index (χ3v) is 6.03. The number of nitrogens with one attached hydrogen (secondary N) is 1. The largest absolute Gasteiger partial charge is 0.384 e. The second kappa shape index (κ2) is 7.21. The van der Waals surface area contributed by atoms with Gasteiger partial charge in [0.1, 0.15) is 5.52 Å². The van der Waals surface area contributed by atoms with Gasteiger partial charge in [0.2, 0.25) is 0 Å². The van der Waals surface area contributed by atoms with E-state index in [2.05, 4.69) is 35.3 Å². The fourth-order valence-electron chi connectivity index (χ4n) is 4.55. The number of rotatable bonds is 4. The summed E-state index contributed by atoms with van der Waals surface area (Å²) in [6.07, 6.45) is 4.91. The monoisotopic (exact) mass is 389 g/mol. The summed E-state index contributed by atoms with van der Waals surface area (Å²) in [5.41, 5.74) is 5.03. The standard InChI is InChI=1S/C24H27N3O2/c1-15(2)14-25-18-13-19(27-11-7-3-4-8-12-27)22-21-20(18)23(28)16-9-5-6-10-17(16)24(21)29-26-22/h5-6,9-10,13,15,25H,3-4,7-8,11-12,14H2,1-2H3. The van der Waals surface area contributed by atoms with Crippen LogP contribution in [0, 0.1) is 5.92 Å². The predicted molar refractivity (Wildman–Crippen MR) is 117 cm³/mol. The number of anilines is 2. The van der Waals surface area contributed by atoms with Gasteiger partial charge in [-0.15, -0.1) is 0 Å².